The highest BCUT2D eigenvalue weighted by Crippen LogP contribution is 2.38. The molecule has 0 amide bonds. The van der Waals surface area contributed by atoms with Crippen LogP contribution in [0.1, 0.15) is 24.0 Å². The molecule has 3 heterocycles. The van der Waals surface area contributed by atoms with Gasteiger partial charge >= 0.3 is 6.18 Å². The summed E-state index contributed by atoms with van der Waals surface area (Å²) in [5, 5.41) is 8.01. The molecule has 0 spiro atoms. The molecule has 0 unspecified atom stereocenters. The van der Waals surface area contributed by atoms with Crippen LogP contribution in [0.3, 0.4) is 0 Å². The van der Waals surface area contributed by atoms with E-state index in [9.17, 15) is 13.2 Å². The minimum absolute atomic E-state index is 0.185. The highest BCUT2D eigenvalue weighted by Gasteiger charge is 2.32. The lowest BCUT2D eigenvalue weighted by atomic mass is 10.1. The smallest absolute Gasteiger partial charge is 0.416 e. The largest absolute Gasteiger partial charge is 0.463 e. The Balaban J connectivity index is 1.93. The first-order valence-corrected chi connectivity index (χ1v) is 8.60. The zero-order chi connectivity index (χ0) is 18.3. The Morgan fingerprint density at radius 1 is 1.19 bits per heavy atom. The van der Waals surface area contributed by atoms with Gasteiger partial charge in [-0.05, 0) is 49.6 Å². The summed E-state index contributed by atoms with van der Waals surface area (Å²) in [4.78, 5) is 0. The molecule has 136 valence electrons. The van der Waals surface area contributed by atoms with Gasteiger partial charge in [0.2, 0.25) is 0 Å². The highest BCUT2D eigenvalue weighted by molar-refractivity contribution is 6.32. The van der Waals surface area contributed by atoms with E-state index in [0.29, 0.717) is 23.8 Å². The van der Waals surface area contributed by atoms with Crippen LogP contribution in [-0.2, 0) is 12.6 Å². The fourth-order valence-electron chi connectivity index (χ4n) is 3.14. The summed E-state index contributed by atoms with van der Waals surface area (Å²) < 4.78 is 46.4. The van der Waals surface area contributed by atoms with Gasteiger partial charge in [0.25, 0.3) is 0 Å². The summed E-state index contributed by atoms with van der Waals surface area (Å²) in [7, 11) is 0. The second-order valence-electron chi connectivity index (χ2n) is 6.11. The second kappa shape index (κ2) is 6.39. The van der Waals surface area contributed by atoms with Gasteiger partial charge in [0.1, 0.15) is 11.5 Å². The quantitative estimate of drug-likeness (QED) is 0.632. The van der Waals surface area contributed by atoms with Crippen molar-refractivity contribution in [3.05, 3.63) is 52.7 Å². The molecule has 0 bridgehead atoms. The molecule has 4 rings (SSSR count). The number of aromatic nitrogens is 2. The van der Waals surface area contributed by atoms with E-state index in [1.54, 1.807) is 18.4 Å². The Hall–Kier alpha value is -2.41. The minimum Gasteiger partial charge on any atom is -0.463 e. The van der Waals surface area contributed by atoms with Crippen LogP contribution in [0.4, 0.5) is 19.0 Å². The van der Waals surface area contributed by atoms with Gasteiger partial charge in [-0.1, -0.05) is 11.6 Å². The van der Waals surface area contributed by atoms with Crippen LogP contribution in [0, 0.1) is 0 Å². The molecule has 0 fully saturated rings. The molecule has 26 heavy (non-hydrogen) atoms. The normalized spacial score (nSPS) is 14.6. The number of nitrogens with zero attached hydrogens (tertiary/aromatic N) is 2. The molecule has 3 aromatic rings. The standard InChI is InChI=1S/C18H15ClF3N3O/c19-13-7-6-11(18(20,21)22)10-14(13)25-17-12(4-1-2-8-23-17)16(24-25)15-5-3-9-26-15/h3,5-7,9-10,23H,1-2,4,8H2. The maximum absolute atomic E-state index is 13.1. The molecule has 2 aromatic heterocycles. The first-order valence-electron chi connectivity index (χ1n) is 8.22. The predicted molar refractivity (Wildman–Crippen MR) is 92.7 cm³/mol. The number of hydrogen-bond donors (Lipinski definition) is 1. The Labute approximate surface area is 152 Å². The van der Waals surface area contributed by atoms with Crippen molar-refractivity contribution in [2.24, 2.45) is 0 Å². The number of furan rings is 1. The van der Waals surface area contributed by atoms with Crippen LogP contribution < -0.4 is 5.32 Å². The van der Waals surface area contributed by atoms with Gasteiger partial charge in [-0.15, -0.1) is 0 Å². The van der Waals surface area contributed by atoms with Crippen LogP contribution >= 0.6 is 11.6 Å². The van der Waals surface area contributed by atoms with Crippen molar-refractivity contribution < 1.29 is 17.6 Å². The van der Waals surface area contributed by atoms with E-state index in [4.69, 9.17) is 16.0 Å². The lowest BCUT2D eigenvalue weighted by Gasteiger charge is -2.13. The summed E-state index contributed by atoms with van der Waals surface area (Å²) in [5.74, 6) is 1.24. The van der Waals surface area contributed by atoms with Crippen LogP contribution in [-0.4, -0.2) is 16.3 Å². The molecule has 0 radical (unpaired) electrons. The highest BCUT2D eigenvalue weighted by atomic mass is 35.5. The zero-order valence-electron chi connectivity index (χ0n) is 13.6. The molecule has 0 atom stereocenters. The van der Waals surface area contributed by atoms with Crippen molar-refractivity contribution in [2.75, 3.05) is 11.9 Å². The van der Waals surface area contributed by atoms with E-state index in [0.717, 1.165) is 37.0 Å². The van der Waals surface area contributed by atoms with Crippen molar-refractivity contribution in [2.45, 2.75) is 25.4 Å². The van der Waals surface area contributed by atoms with Crippen molar-refractivity contribution in [1.82, 2.24) is 9.78 Å². The Kier molecular flexibility index (Phi) is 4.19. The van der Waals surface area contributed by atoms with Gasteiger partial charge < -0.3 is 9.73 Å². The van der Waals surface area contributed by atoms with E-state index in [2.05, 4.69) is 10.4 Å². The third kappa shape index (κ3) is 2.96. The van der Waals surface area contributed by atoms with Crippen LogP contribution in [0.25, 0.3) is 17.1 Å². The number of alkyl halides is 3. The van der Waals surface area contributed by atoms with Crippen LogP contribution in [0.5, 0.6) is 0 Å². The minimum atomic E-state index is -4.46. The number of anilines is 1. The SMILES string of the molecule is FC(F)(F)c1ccc(Cl)c(-n2nc(-c3ccco3)c3c2NCCCC3)c1. The molecule has 0 saturated heterocycles. The predicted octanol–water partition coefficient (Wildman–Crippen LogP) is 5.55. The average molecular weight is 382 g/mol. The lowest BCUT2D eigenvalue weighted by Crippen LogP contribution is -2.10. The van der Waals surface area contributed by atoms with E-state index in [-0.39, 0.29) is 10.7 Å². The monoisotopic (exact) mass is 381 g/mol. The van der Waals surface area contributed by atoms with E-state index >= 15 is 0 Å². The molecule has 1 aromatic carbocycles. The zero-order valence-corrected chi connectivity index (χ0v) is 14.4. The second-order valence-corrected chi connectivity index (χ2v) is 6.52. The van der Waals surface area contributed by atoms with Crippen molar-refractivity contribution in [3.8, 4) is 17.1 Å². The molecule has 1 aliphatic rings. The molecule has 8 heteroatoms. The summed E-state index contributed by atoms with van der Waals surface area (Å²) in [5.41, 5.74) is 0.957. The first kappa shape index (κ1) is 17.0. The molecule has 1 aliphatic heterocycles. The molecular weight excluding hydrogens is 367 g/mol. The fourth-order valence-corrected chi connectivity index (χ4v) is 3.34. The van der Waals surface area contributed by atoms with Crippen LogP contribution in [0.2, 0.25) is 5.02 Å². The first-order chi connectivity index (χ1) is 12.4. The summed E-state index contributed by atoms with van der Waals surface area (Å²) in [6, 6.07) is 6.77. The number of benzene rings is 1. The number of nitrogens with one attached hydrogen (secondary N) is 1. The third-order valence-corrected chi connectivity index (χ3v) is 4.71. The molecule has 1 N–H and O–H groups in total. The number of hydrogen-bond acceptors (Lipinski definition) is 3. The topological polar surface area (TPSA) is 43.0 Å². The molecule has 4 nitrogen and oxygen atoms in total. The number of fused-ring (bicyclic) bond motifs is 1. The van der Waals surface area contributed by atoms with Gasteiger partial charge in [-0.3, -0.25) is 0 Å². The number of rotatable bonds is 2. The fraction of sp³-hybridized carbons (Fsp3) is 0.278. The number of halogens is 4. The third-order valence-electron chi connectivity index (χ3n) is 4.39. The Bertz CT molecular complexity index is 932. The van der Waals surface area contributed by atoms with Gasteiger partial charge in [0, 0.05) is 12.1 Å². The van der Waals surface area contributed by atoms with E-state index < -0.39 is 11.7 Å². The van der Waals surface area contributed by atoms with Crippen molar-refractivity contribution in [3.63, 3.8) is 0 Å². The van der Waals surface area contributed by atoms with Crippen molar-refractivity contribution in [1.29, 1.82) is 0 Å². The summed E-state index contributed by atoms with van der Waals surface area (Å²) >= 11 is 6.22. The maximum Gasteiger partial charge on any atom is 0.416 e. The molecular formula is C18H15ClF3N3O. The Morgan fingerprint density at radius 2 is 2.04 bits per heavy atom. The van der Waals surface area contributed by atoms with E-state index in [1.807, 2.05) is 0 Å². The lowest BCUT2D eigenvalue weighted by molar-refractivity contribution is -0.137. The summed E-state index contributed by atoms with van der Waals surface area (Å²) in [6.45, 7) is 0.715. The van der Waals surface area contributed by atoms with Gasteiger partial charge in [0.15, 0.2) is 5.76 Å². The molecule has 0 saturated carbocycles. The van der Waals surface area contributed by atoms with Gasteiger partial charge in [-0.2, -0.15) is 18.3 Å². The van der Waals surface area contributed by atoms with Crippen molar-refractivity contribution >= 4 is 17.4 Å². The van der Waals surface area contributed by atoms with Crippen LogP contribution in [0.15, 0.2) is 41.0 Å². The average Bonchev–Trinajstić information content (AvgIpc) is 3.16. The van der Waals surface area contributed by atoms with Gasteiger partial charge in [-0.25, -0.2) is 4.68 Å². The maximum atomic E-state index is 13.1. The van der Waals surface area contributed by atoms with Gasteiger partial charge in [0.05, 0.1) is 22.5 Å². The Morgan fingerprint density at radius 3 is 2.77 bits per heavy atom. The summed E-state index contributed by atoms with van der Waals surface area (Å²) in [6.07, 6.45) is -0.240. The molecule has 0 aliphatic carbocycles. The van der Waals surface area contributed by atoms with E-state index in [1.165, 1.54) is 10.7 Å².